The molecular weight excluding hydrogens is 382 g/mol. The van der Waals surface area contributed by atoms with E-state index in [0.29, 0.717) is 22.9 Å². The van der Waals surface area contributed by atoms with Crippen LogP contribution in [0.2, 0.25) is 0 Å². The number of amides is 2. The predicted molar refractivity (Wildman–Crippen MR) is 111 cm³/mol. The number of urea groups is 1. The number of nitrogens with two attached hydrogens (primary N) is 1. The molecule has 2 rings (SSSR count). The van der Waals surface area contributed by atoms with Crippen molar-refractivity contribution >= 4 is 39.2 Å². The van der Waals surface area contributed by atoms with Crippen molar-refractivity contribution in [3.8, 4) is 0 Å². The van der Waals surface area contributed by atoms with Gasteiger partial charge in [-0.2, -0.15) is 0 Å². The summed E-state index contributed by atoms with van der Waals surface area (Å²) in [6, 6.07) is 9.52. The average Bonchev–Trinajstić information content (AvgIpc) is 2.64. The highest BCUT2D eigenvalue weighted by Crippen LogP contribution is 2.45. The number of fused-ring (bicyclic) bond motifs is 1. The van der Waals surface area contributed by atoms with E-state index in [1.54, 1.807) is 44.2 Å². The second-order valence-corrected chi connectivity index (χ2v) is 8.63. The molecule has 0 aliphatic carbocycles. The minimum Gasteiger partial charge on any atom is -0.463 e. The lowest BCUT2D eigenvalue weighted by atomic mass is 9.91. The third-order valence-corrected chi connectivity index (χ3v) is 5.52. The number of hydrogen-bond donors (Lipinski definition) is 5. The van der Waals surface area contributed by atoms with Crippen molar-refractivity contribution in [3.63, 3.8) is 0 Å². The number of anilines is 1. The molecule has 2 amide bonds. The molecule has 0 heterocycles. The SMILES string of the molecule is CCC(C)(C)C(=O)OCCNC(=O)Nc1ccc(S(N)(O)O)c2ccccc12. The van der Waals surface area contributed by atoms with Gasteiger partial charge in [-0.25, -0.2) is 9.93 Å². The van der Waals surface area contributed by atoms with Gasteiger partial charge in [0.15, 0.2) is 0 Å². The summed E-state index contributed by atoms with van der Waals surface area (Å²) in [5.41, 5.74) is -0.0627. The zero-order chi connectivity index (χ0) is 20.9. The summed E-state index contributed by atoms with van der Waals surface area (Å²) in [4.78, 5) is 24.3. The summed E-state index contributed by atoms with van der Waals surface area (Å²) in [5.74, 6) is -0.306. The molecule has 0 aliphatic heterocycles. The summed E-state index contributed by atoms with van der Waals surface area (Å²) in [5, 5.41) is 12.0. The highest BCUT2D eigenvalue weighted by molar-refractivity contribution is 8.22. The Morgan fingerprint density at radius 2 is 1.79 bits per heavy atom. The molecule has 0 fully saturated rings. The summed E-state index contributed by atoms with van der Waals surface area (Å²) >= 11 is 0. The summed E-state index contributed by atoms with van der Waals surface area (Å²) in [6.07, 6.45) is 0.663. The Hall–Kier alpha value is -2.33. The fraction of sp³-hybridized carbons (Fsp3) is 0.368. The second kappa shape index (κ2) is 8.78. The number of carbonyl (C=O) groups is 2. The Balaban J connectivity index is 2.00. The molecule has 0 saturated carbocycles. The van der Waals surface area contributed by atoms with Crippen molar-refractivity contribution in [1.82, 2.24) is 5.32 Å². The first kappa shape index (κ1) is 22.0. The van der Waals surface area contributed by atoms with E-state index >= 15 is 0 Å². The number of hydrogen-bond acceptors (Lipinski definition) is 6. The van der Waals surface area contributed by atoms with E-state index in [4.69, 9.17) is 9.88 Å². The minimum absolute atomic E-state index is 0.0729. The number of esters is 1. The largest absolute Gasteiger partial charge is 0.463 e. The van der Waals surface area contributed by atoms with Gasteiger partial charge in [-0.05, 0) is 32.4 Å². The number of rotatable bonds is 7. The molecule has 154 valence electrons. The minimum atomic E-state index is -3.39. The van der Waals surface area contributed by atoms with Crippen LogP contribution in [0.3, 0.4) is 0 Å². The normalized spacial score (nSPS) is 12.5. The molecular formula is C19H27N3O5S. The third kappa shape index (κ3) is 5.35. The smallest absolute Gasteiger partial charge is 0.319 e. The van der Waals surface area contributed by atoms with Crippen LogP contribution in [0.4, 0.5) is 10.5 Å². The van der Waals surface area contributed by atoms with E-state index in [0.717, 1.165) is 0 Å². The van der Waals surface area contributed by atoms with Crippen LogP contribution in [-0.2, 0) is 9.53 Å². The molecule has 0 radical (unpaired) electrons. The maximum atomic E-state index is 12.2. The molecule has 0 saturated heterocycles. The van der Waals surface area contributed by atoms with Crippen LogP contribution in [0, 0.1) is 5.41 Å². The molecule has 2 aromatic rings. The quantitative estimate of drug-likeness (QED) is 0.347. The Morgan fingerprint density at radius 3 is 2.39 bits per heavy atom. The molecule has 0 aliphatic rings. The highest BCUT2D eigenvalue weighted by atomic mass is 32.3. The summed E-state index contributed by atoms with van der Waals surface area (Å²) in [6.45, 7) is 5.76. The molecule has 6 N–H and O–H groups in total. The molecule has 0 aromatic heterocycles. The maximum absolute atomic E-state index is 12.2. The summed E-state index contributed by atoms with van der Waals surface area (Å²) < 4.78 is 24.8. The lowest BCUT2D eigenvalue weighted by Crippen LogP contribution is -2.34. The van der Waals surface area contributed by atoms with Crippen molar-refractivity contribution in [1.29, 1.82) is 0 Å². The van der Waals surface area contributed by atoms with Gasteiger partial charge in [0.05, 0.1) is 22.5 Å². The maximum Gasteiger partial charge on any atom is 0.319 e. The lowest BCUT2D eigenvalue weighted by molar-refractivity contribution is -0.153. The van der Waals surface area contributed by atoms with Gasteiger partial charge in [-0.15, -0.1) is 10.8 Å². The fourth-order valence-corrected chi connectivity index (χ4v) is 3.23. The van der Waals surface area contributed by atoms with Crippen LogP contribution in [0.1, 0.15) is 27.2 Å². The number of ether oxygens (including phenoxy) is 1. The van der Waals surface area contributed by atoms with Crippen molar-refractivity contribution in [2.75, 3.05) is 18.5 Å². The molecule has 0 atom stereocenters. The zero-order valence-corrected chi connectivity index (χ0v) is 17.0. The first-order valence-electron chi connectivity index (χ1n) is 8.86. The molecule has 8 nitrogen and oxygen atoms in total. The van der Waals surface area contributed by atoms with Gasteiger partial charge in [0, 0.05) is 10.8 Å². The van der Waals surface area contributed by atoms with Crippen LogP contribution in [0.15, 0.2) is 41.3 Å². The van der Waals surface area contributed by atoms with Gasteiger partial charge in [-0.3, -0.25) is 13.9 Å². The van der Waals surface area contributed by atoms with Crippen molar-refractivity contribution in [3.05, 3.63) is 36.4 Å². The van der Waals surface area contributed by atoms with Gasteiger partial charge >= 0.3 is 12.0 Å². The van der Waals surface area contributed by atoms with E-state index in [1.165, 1.54) is 6.07 Å². The number of nitrogens with one attached hydrogen (secondary N) is 2. The molecule has 28 heavy (non-hydrogen) atoms. The molecule has 9 heteroatoms. The number of benzene rings is 2. The Bertz CT molecular complexity index is 864. The zero-order valence-electron chi connectivity index (χ0n) is 16.2. The second-order valence-electron chi connectivity index (χ2n) is 7.00. The van der Waals surface area contributed by atoms with E-state index in [2.05, 4.69) is 10.6 Å². The number of carbonyl (C=O) groups excluding carboxylic acids is 2. The Kier molecular flexibility index (Phi) is 6.89. The molecule has 0 unspecified atom stereocenters. The summed E-state index contributed by atoms with van der Waals surface area (Å²) in [7, 11) is -3.39. The average molecular weight is 410 g/mol. The third-order valence-electron chi connectivity index (χ3n) is 4.51. The highest BCUT2D eigenvalue weighted by Gasteiger charge is 2.26. The van der Waals surface area contributed by atoms with E-state index in [9.17, 15) is 18.7 Å². The predicted octanol–water partition coefficient (Wildman–Crippen LogP) is 3.92. The van der Waals surface area contributed by atoms with Crippen LogP contribution in [0.25, 0.3) is 10.8 Å². The van der Waals surface area contributed by atoms with Gasteiger partial charge in [-0.1, -0.05) is 31.2 Å². The van der Waals surface area contributed by atoms with Gasteiger partial charge in [0.1, 0.15) is 6.61 Å². The standard InChI is InChI=1S/C19H27N3O5S/c1-4-19(2,3)17(23)27-12-11-21-18(24)22-15-9-10-16(28(20,25)26)14-8-6-5-7-13(14)15/h5-10,25-26H,4,11-12,20H2,1-3H3,(H2,21,22,24). The monoisotopic (exact) mass is 409 g/mol. The van der Waals surface area contributed by atoms with E-state index < -0.39 is 22.2 Å². The first-order valence-corrected chi connectivity index (χ1v) is 10.5. The topological polar surface area (TPSA) is 134 Å². The van der Waals surface area contributed by atoms with Crippen molar-refractivity contribution in [2.45, 2.75) is 32.1 Å². The molecule has 2 aromatic carbocycles. The van der Waals surface area contributed by atoms with Crippen LogP contribution >= 0.6 is 10.8 Å². The van der Waals surface area contributed by atoms with E-state index in [1.807, 2.05) is 6.92 Å². The van der Waals surface area contributed by atoms with Crippen molar-refractivity contribution < 1.29 is 23.4 Å². The van der Waals surface area contributed by atoms with Crippen LogP contribution < -0.4 is 15.8 Å². The lowest BCUT2D eigenvalue weighted by Gasteiger charge is -2.28. The van der Waals surface area contributed by atoms with Gasteiger partial charge in [0.2, 0.25) is 0 Å². The van der Waals surface area contributed by atoms with Gasteiger partial charge in [0.25, 0.3) is 0 Å². The Morgan fingerprint density at radius 1 is 1.14 bits per heavy atom. The van der Waals surface area contributed by atoms with Crippen molar-refractivity contribution in [2.24, 2.45) is 10.6 Å². The fourth-order valence-electron chi connectivity index (χ4n) is 2.46. The van der Waals surface area contributed by atoms with Crippen LogP contribution in [0.5, 0.6) is 0 Å². The molecule has 0 bridgehead atoms. The first-order chi connectivity index (χ1) is 13.1. The van der Waals surface area contributed by atoms with E-state index in [-0.39, 0.29) is 24.0 Å². The Labute approximate surface area is 165 Å². The van der Waals surface area contributed by atoms with Gasteiger partial charge < -0.3 is 15.4 Å². The van der Waals surface area contributed by atoms with Crippen LogP contribution in [-0.4, -0.2) is 34.3 Å². The molecule has 0 spiro atoms.